The minimum atomic E-state index is 0.492. The third kappa shape index (κ3) is 1.56. The number of nitrogens with zero attached hydrogens (tertiary/aromatic N) is 1. The van der Waals surface area contributed by atoms with Crippen LogP contribution in [0.15, 0.2) is 0 Å². The number of nitrogens with one attached hydrogen (secondary N) is 2. The van der Waals surface area contributed by atoms with Crippen molar-refractivity contribution < 1.29 is 4.74 Å². The summed E-state index contributed by atoms with van der Waals surface area (Å²) in [6, 6.07) is 0. The fraction of sp³-hybridized carbons (Fsp3) is 0.714. The molecule has 0 amide bonds. The second-order valence-corrected chi connectivity index (χ2v) is 3.33. The van der Waals surface area contributed by atoms with Gasteiger partial charge in [0.15, 0.2) is 0 Å². The van der Waals surface area contributed by atoms with Gasteiger partial charge in [0.1, 0.15) is 5.82 Å². The van der Waals surface area contributed by atoms with E-state index in [1.165, 1.54) is 0 Å². The van der Waals surface area contributed by atoms with Crippen molar-refractivity contribution >= 4 is 12.2 Å². The first-order chi connectivity index (χ1) is 5.86. The number of rotatable bonds is 1. The number of hydrogen-bond donors (Lipinski definition) is 2. The Morgan fingerprint density at radius 1 is 1.33 bits per heavy atom. The van der Waals surface area contributed by atoms with Gasteiger partial charge >= 0.3 is 0 Å². The van der Waals surface area contributed by atoms with E-state index in [2.05, 4.69) is 15.2 Å². The summed E-state index contributed by atoms with van der Waals surface area (Å²) in [6.45, 7) is 1.66. The molecule has 0 spiro atoms. The minimum Gasteiger partial charge on any atom is -0.381 e. The summed E-state index contributed by atoms with van der Waals surface area (Å²) in [5.41, 5.74) is 0. The highest BCUT2D eigenvalue weighted by Crippen LogP contribution is 2.22. The summed E-state index contributed by atoms with van der Waals surface area (Å²) < 4.78 is 5.79. The fourth-order valence-electron chi connectivity index (χ4n) is 1.45. The van der Waals surface area contributed by atoms with E-state index in [0.717, 1.165) is 31.9 Å². The summed E-state index contributed by atoms with van der Waals surface area (Å²) in [5.74, 6) is 1.47. The smallest absolute Gasteiger partial charge is 0.213 e. The van der Waals surface area contributed by atoms with Crippen LogP contribution in [0.4, 0.5) is 0 Å². The van der Waals surface area contributed by atoms with Crippen molar-refractivity contribution in [3.8, 4) is 0 Å². The van der Waals surface area contributed by atoms with Crippen molar-refractivity contribution in [2.45, 2.75) is 18.8 Å². The minimum absolute atomic E-state index is 0.492. The highest BCUT2D eigenvalue weighted by atomic mass is 32.1. The van der Waals surface area contributed by atoms with Crippen molar-refractivity contribution in [1.82, 2.24) is 15.2 Å². The Kier molecular flexibility index (Phi) is 2.23. The van der Waals surface area contributed by atoms with Gasteiger partial charge in [0.2, 0.25) is 4.77 Å². The molecule has 0 aromatic carbocycles. The quantitative estimate of drug-likeness (QED) is 0.649. The summed E-state index contributed by atoms with van der Waals surface area (Å²) >= 11 is 4.87. The molecule has 1 aromatic rings. The zero-order valence-electron chi connectivity index (χ0n) is 6.67. The van der Waals surface area contributed by atoms with Gasteiger partial charge in [0.05, 0.1) is 0 Å². The molecule has 12 heavy (non-hydrogen) atoms. The largest absolute Gasteiger partial charge is 0.381 e. The average molecular weight is 185 g/mol. The highest BCUT2D eigenvalue weighted by Gasteiger charge is 2.17. The van der Waals surface area contributed by atoms with Gasteiger partial charge in [-0.15, -0.1) is 0 Å². The molecule has 0 saturated carbocycles. The fourth-order valence-corrected chi connectivity index (χ4v) is 1.60. The number of ether oxygens (including phenoxy) is 1. The average Bonchev–Trinajstić information content (AvgIpc) is 2.54. The van der Waals surface area contributed by atoms with Gasteiger partial charge in [-0.05, 0) is 25.1 Å². The molecule has 0 radical (unpaired) electrons. The summed E-state index contributed by atoms with van der Waals surface area (Å²) in [6.07, 6.45) is 2.08. The molecule has 1 fully saturated rings. The van der Waals surface area contributed by atoms with Crippen LogP contribution in [0.5, 0.6) is 0 Å². The predicted molar refractivity (Wildman–Crippen MR) is 46.6 cm³/mol. The Balaban J connectivity index is 2.13. The number of aromatic amines is 2. The van der Waals surface area contributed by atoms with Crippen LogP contribution >= 0.6 is 12.2 Å². The molecule has 1 aliphatic heterocycles. The predicted octanol–water partition coefficient (Wildman–Crippen LogP) is 1.36. The van der Waals surface area contributed by atoms with Crippen LogP contribution in [0.3, 0.4) is 0 Å². The lowest BCUT2D eigenvalue weighted by Gasteiger charge is -2.19. The maximum atomic E-state index is 5.25. The maximum absolute atomic E-state index is 5.25. The molecule has 66 valence electrons. The number of H-pyrrole nitrogens is 2. The summed E-state index contributed by atoms with van der Waals surface area (Å²) in [7, 11) is 0. The van der Waals surface area contributed by atoms with Crippen LogP contribution < -0.4 is 0 Å². The summed E-state index contributed by atoms with van der Waals surface area (Å²) in [5, 5.41) is 5.78. The van der Waals surface area contributed by atoms with Crippen LogP contribution in [-0.2, 0) is 4.74 Å². The molecule has 2 N–H and O–H groups in total. The van der Waals surface area contributed by atoms with E-state index >= 15 is 0 Å². The molecule has 5 heteroatoms. The van der Waals surface area contributed by atoms with E-state index in [1.54, 1.807) is 0 Å². The molecule has 2 rings (SSSR count). The van der Waals surface area contributed by atoms with E-state index in [-0.39, 0.29) is 0 Å². The monoisotopic (exact) mass is 185 g/mol. The van der Waals surface area contributed by atoms with Crippen molar-refractivity contribution in [2.75, 3.05) is 13.2 Å². The van der Waals surface area contributed by atoms with Gasteiger partial charge in [0, 0.05) is 19.1 Å². The highest BCUT2D eigenvalue weighted by molar-refractivity contribution is 7.71. The summed E-state index contributed by atoms with van der Waals surface area (Å²) in [4.78, 5) is 4.18. The maximum Gasteiger partial charge on any atom is 0.213 e. The molecule has 4 nitrogen and oxygen atoms in total. The van der Waals surface area contributed by atoms with Crippen LogP contribution in [0.2, 0.25) is 0 Å². The lowest BCUT2D eigenvalue weighted by atomic mass is 10.00. The lowest BCUT2D eigenvalue weighted by Crippen LogP contribution is -2.15. The van der Waals surface area contributed by atoms with Crippen molar-refractivity contribution in [2.24, 2.45) is 0 Å². The van der Waals surface area contributed by atoms with Crippen LogP contribution in [0.1, 0.15) is 24.6 Å². The van der Waals surface area contributed by atoms with Crippen molar-refractivity contribution in [3.05, 3.63) is 10.6 Å². The lowest BCUT2D eigenvalue weighted by molar-refractivity contribution is 0.0836. The number of hydrogen-bond acceptors (Lipinski definition) is 3. The Labute approximate surface area is 75.3 Å². The molecule has 1 aromatic heterocycles. The molecule has 1 saturated heterocycles. The molecule has 0 unspecified atom stereocenters. The first-order valence-corrected chi connectivity index (χ1v) is 4.49. The van der Waals surface area contributed by atoms with Crippen molar-refractivity contribution in [3.63, 3.8) is 0 Å². The number of aromatic nitrogens is 3. The molecular weight excluding hydrogens is 174 g/mol. The van der Waals surface area contributed by atoms with E-state index < -0.39 is 0 Å². The van der Waals surface area contributed by atoms with Gasteiger partial charge in [-0.1, -0.05) is 0 Å². The molecule has 0 atom stereocenters. The van der Waals surface area contributed by atoms with E-state index in [1.807, 2.05) is 0 Å². The van der Waals surface area contributed by atoms with E-state index in [0.29, 0.717) is 10.7 Å². The third-order valence-electron chi connectivity index (χ3n) is 2.13. The van der Waals surface area contributed by atoms with Crippen LogP contribution in [0.25, 0.3) is 0 Å². The first-order valence-electron chi connectivity index (χ1n) is 4.08. The normalized spacial score (nSPS) is 19.7. The van der Waals surface area contributed by atoms with E-state index in [4.69, 9.17) is 17.0 Å². The van der Waals surface area contributed by atoms with Gasteiger partial charge in [-0.25, -0.2) is 4.98 Å². The standard InChI is InChI=1S/C7H11N3OS/c12-7-8-6(9-10-7)5-1-3-11-4-2-5/h5H,1-4H2,(H2,8,9,10,12). The van der Waals surface area contributed by atoms with Crippen LogP contribution in [0, 0.1) is 4.77 Å². The Hall–Kier alpha value is -0.680. The van der Waals surface area contributed by atoms with Gasteiger partial charge in [-0.3, -0.25) is 10.2 Å². The topological polar surface area (TPSA) is 53.7 Å². The van der Waals surface area contributed by atoms with Crippen LogP contribution in [-0.4, -0.2) is 28.4 Å². The molecule has 1 aliphatic rings. The Morgan fingerprint density at radius 3 is 2.67 bits per heavy atom. The van der Waals surface area contributed by atoms with Gasteiger partial charge in [0.25, 0.3) is 0 Å². The molecular formula is C7H11N3OS. The second kappa shape index (κ2) is 3.37. The SMILES string of the molecule is S=c1nc(C2CCOCC2)[nH][nH]1. The first kappa shape index (κ1) is 7.94. The Morgan fingerprint density at radius 2 is 2.08 bits per heavy atom. The van der Waals surface area contributed by atoms with Crippen molar-refractivity contribution in [1.29, 1.82) is 0 Å². The van der Waals surface area contributed by atoms with Gasteiger partial charge < -0.3 is 4.74 Å². The molecule has 2 heterocycles. The molecule has 0 aliphatic carbocycles. The Bertz CT molecular complexity index is 300. The molecule has 0 bridgehead atoms. The third-order valence-corrected chi connectivity index (χ3v) is 2.32. The van der Waals surface area contributed by atoms with Gasteiger partial charge in [-0.2, -0.15) is 0 Å². The zero-order chi connectivity index (χ0) is 8.39. The second-order valence-electron chi connectivity index (χ2n) is 2.94. The zero-order valence-corrected chi connectivity index (χ0v) is 7.49. The van der Waals surface area contributed by atoms with E-state index in [9.17, 15) is 0 Å².